The smallest absolute Gasteiger partial charge is 0.394 e. The monoisotopic (exact) mass is 435 g/mol. The molecule has 0 aromatic carbocycles. The van der Waals surface area contributed by atoms with Crippen molar-refractivity contribution in [3.8, 4) is 0 Å². The Morgan fingerprint density at radius 1 is 0.960 bits per heavy atom. The molecule has 1 rings (SSSR count). The molecule has 18 heteroatoms. The minimum atomic E-state index is -5.35. The minimum absolute atomic E-state index is 0.962. The van der Waals surface area contributed by atoms with Crippen LogP contribution in [0.25, 0.3) is 0 Å². The molecule has 8 N–H and O–H groups in total. The van der Waals surface area contributed by atoms with Crippen LogP contribution in [0.1, 0.15) is 0 Å². The molecule has 1 heterocycles. The van der Waals surface area contributed by atoms with Crippen LogP contribution < -0.4 is 0 Å². The maximum atomic E-state index is 11.2. The Hall–Kier alpha value is 0.370. The largest absolute Gasteiger partial charge is 0.567 e. The molecule has 150 valence electrons. The number of hydrogen-bond donors (Lipinski definition) is 8. The predicted molar refractivity (Wildman–Crippen MR) is 75.0 cm³/mol. The average molecular weight is 435 g/mol. The fourth-order valence-corrected chi connectivity index (χ4v) is 3.73. The lowest BCUT2D eigenvalue weighted by atomic mass is 9.99. The van der Waals surface area contributed by atoms with E-state index in [2.05, 4.69) is 13.6 Å². The van der Waals surface area contributed by atoms with Crippen molar-refractivity contribution in [3.63, 3.8) is 0 Å². The van der Waals surface area contributed by atoms with Gasteiger partial charge < -0.3 is 34.2 Å². The number of phosphoric acid groups is 2. The summed E-state index contributed by atoms with van der Waals surface area (Å²) in [5.74, 6) is 0. The van der Waals surface area contributed by atoms with Crippen molar-refractivity contribution in [2.75, 3.05) is 13.7 Å². The summed E-state index contributed by atoms with van der Waals surface area (Å²) < 4.78 is 45.1. The normalized spacial score (nSPS) is 32.0. The van der Waals surface area contributed by atoms with Gasteiger partial charge in [-0.15, -0.1) is 4.52 Å². The van der Waals surface area contributed by atoms with E-state index in [0.717, 1.165) is 7.11 Å². The molecule has 1 aliphatic heterocycles. The van der Waals surface area contributed by atoms with E-state index < -0.39 is 61.1 Å². The summed E-state index contributed by atoms with van der Waals surface area (Å²) >= 11 is 0. The Balaban J connectivity index is 3.32. The van der Waals surface area contributed by atoms with Gasteiger partial charge in [0.15, 0.2) is 12.4 Å². The number of aliphatic hydroxyl groups is 1. The molecule has 1 saturated heterocycles. The zero-order valence-corrected chi connectivity index (χ0v) is 15.1. The second-order valence-electron chi connectivity index (χ2n) is 4.67. The second-order valence-corrected chi connectivity index (χ2v) is 8.29. The number of rotatable bonds is 8. The number of phosphoric ester groups is 2. The SMILES string of the molecule is CO[C@H]1OC(CO)[C@@H](OP(=O)(O)O)C(OP(=O)(O)O)[C@H]1O[P+](O)(O)O. The van der Waals surface area contributed by atoms with Crippen LogP contribution in [-0.4, -0.2) is 83.8 Å². The van der Waals surface area contributed by atoms with Crippen molar-refractivity contribution in [1.29, 1.82) is 0 Å². The molecule has 0 aromatic rings. The van der Waals surface area contributed by atoms with Gasteiger partial charge in [0, 0.05) is 7.11 Å². The van der Waals surface area contributed by atoms with E-state index in [4.69, 9.17) is 43.7 Å². The predicted octanol–water partition coefficient (Wildman–Crippen LogP) is -2.65. The summed E-state index contributed by atoms with van der Waals surface area (Å²) in [4.78, 5) is 62.9. The molecule has 0 aromatic heterocycles. The maximum absolute atomic E-state index is 11.2. The molecule has 25 heavy (non-hydrogen) atoms. The van der Waals surface area contributed by atoms with Crippen LogP contribution in [0.4, 0.5) is 0 Å². The molecule has 0 radical (unpaired) electrons. The van der Waals surface area contributed by atoms with E-state index in [9.17, 15) is 14.2 Å². The number of methoxy groups -OCH3 is 1. The standard InChI is InChI=1S/C7H17O15P3/c1-18-7-6(22-25(15,16)17)5(21-24(12,13)14)4(3(2-8)19-7)20-23(9,10)11/h3-8,15-17H,2H2,1H3,(H3-,9,10,11,12,13,14)/p+1/t3?,4-,5?,6-,7+/m1/s1. The molecular weight excluding hydrogens is 417 g/mol. The van der Waals surface area contributed by atoms with Crippen LogP contribution in [0.15, 0.2) is 0 Å². The van der Waals surface area contributed by atoms with Gasteiger partial charge in [0.25, 0.3) is 0 Å². The molecule has 15 nitrogen and oxygen atoms in total. The van der Waals surface area contributed by atoms with E-state index in [0.29, 0.717) is 0 Å². The fourth-order valence-electron chi connectivity index (χ4n) is 2.06. The highest BCUT2D eigenvalue weighted by molar-refractivity contribution is 7.53. The molecule has 0 amide bonds. The van der Waals surface area contributed by atoms with Crippen LogP contribution in [0.2, 0.25) is 0 Å². The first-order chi connectivity index (χ1) is 11.2. The van der Waals surface area contributed by atoms with E-state index >= 15 is 0 Å². The van der Waals surface area contributed by atoms with Gasteiger partial charge in [0.2, 0.25) is 0 Å². The van der Waals surface area contributed by atoms with Crippen LogP contribution in [0, 0.1) is 0 Å². The fraction of sp³-hybridized carbons (Fsp3) is 1.00. The van der Waals surface area contributed by atoms with Crippen molar-refractivity contribution in [1.82, 2.24) is 0 Å². The van der Waals surface area contributed by atoms with Crippen molar-refractivity contribution in [3.05, 3.63) is 0 Å². The molecule has 0 saturated carbocycles. The van der Waals surface area contributed by atoms with Gasteiger partial charge in [-0.2, -0.15) is 14.7 Å². The van der Waals surface area contributed by atoms with Crippen molar-refractivity contribution < 1.29 is 71.5 Å². The lowest BCUT2D eigenvalue weighted by molar-refractivity contribution is -0.286. The van der Waals surface area contributed by atoms with E-state index in [-0.39, 0.29) is 0 Å². The molecular formula is C7H18O15P3+. The van der Waals surface area contributed by atoms with Crippen molar-refractivity contribution in [2.24, 2.45) is 0 Å². The third-order valence-electron chi connectivity index (χ3n) is 2.78. The Bertz CT molecular complexity index is 522. The number of ether oxygens (including phenoxy) is 2. The Labute approximate surface area is 140 Å². The highest BCUT2D eigenvalue weighted by Gasteiger charge is 2.57. The Kier molecular flexibility index (Phi) is 8.04. The molecule has 0 bridgehead atoms. The Morgan fingerprint density at radius 3 is 1.80 bits per heavy atom. The summed E-state index contributed by atoms with van der Waals surface area (Å²) in [6, 6.07) is 0. The average Bonchev–Trinajstić information content (AvgIpc) is 2.38. The van der Waals surface area contributed by atoms with Crippen LogP contribution in [-0.2, 0) is 32.2 Å². The van der Waals surface area contributed by atoms with Crippen molar-refractivity contribution >= 4 is 23.8 Å². The Morgan fingerprint density at radius 2 is 1.44 bits per heavy atom. The third kappa shape index (κ3) is 7.87. The molecule has 2 unspecified atom stereocenters. The minimum Gasteiger partial charge on any atom is -0.394 e. The number of aliphatic hydroxyl groups excluding tert-OH is 1. The van der Waals surface area contributed by atoms with Crippen LogP contribution in [0.3, 0.4) is 0 Å². The highest BCUT2D eigenvalue weighted by atomic mass is 31.2. The summed E-state index contributed by atoms with van der Waals surface area (Å²) in [5.41, 5.74) is 0. The second kappa shape index (κ2) is 8.59. The number of hydrogen-bond acceptors (Lipinski definition) is 11. The first kappa shape index (κ1) is 23.4. The quantitative estimate of drug-likeness (QED) is 0.181. The summed E-state index contributed by atoms with van der Waals surface area (Å²) in [5, 5.41) is 9.26. The maximum Gasteiger partial charge on any atom is 0.567 e. The van der Waals surface area contributed by atoms with Gasteiger partial charge in [0.05, 0.1) is 6.61 Å². The highest BCUT2D eigenvalue weighted by Crippen LogP contribution is 2.53. The molecule has 0 spiro atoms. The van der Waals surface area contributed by atoms with Crippen LogP contribution in [0.5, 0.6) is 0 Å². The molecule has 5 atom stereocenters. The van der Waals surface area contributed by atoms with E-state index in [1.54, 1.807) is 0 Å². The third-order valence-corrected chi connectivity index (χ3v) is 4.35. The summed E-state index contributed by atoms with van der Waals surface area (Å²) in [6.07, 6.45) is -9.56. The lowest BCUT2D eigenvalue weighted by Crippen LogP contribution is -2.61. The van der Waals surface area contributed by atoms with Gasteiger partial charge in [-0.05, 0) is 0 Å². The summed E-state index contributed by atoms with van der Waals surface area (Å²) in [7, 11) is -14.7. The molecule has 1 aliphatic rings. The summed E-state index contributed by atoms with van der Waals surface area (Å²) in [6.45, 7) is -0.962. The van der Waals surface area contributed by atoms with E-state index in [1.807, 2.05) is 0 Å². The molecule has 1 fully saturated rings. The molecule has 0 aliphatic carbocycles. The van der Waals surface area contributed by atoms with Crippen LogP contribution >= 0.6 is 23.8 Å². The zero-order chi connectivity index (χ0) is 19.6. The van der Waals surface area contributed by atoms with E-state index in [1.165, 1.54) is 0 Å². The first-order valence-electron chi connectivity index (χ1n) is 6.19. The lowest BCUT2D eigenvalue weighted by Gasteiger charge is -2.43. The zero-order valence-electron chi connectivity index (χ0n) is 12.4. The van der Waals surface area contributed by atoms with Gasteiger partial charge in [0.1, 0.15) is 18.3 Å². The van der Waals surface area contributed by atoms with Crippen molar-refractivity contribution in [2.45, 2.75) is 30.7 Å². The van der Waals surface area contributed by atoms with Gasteiger partial charge in [-0.3, -0.25) is 9.05 Å². The first-order valence-corrected chi connectivity index (χ1v) is 10.8. The van der Waals surface area contributed by atoms with Gasteiger partial charge >= 0.3 is 23.8 Å². The topological polar surface area (TPSA) is 242 Å². The van der Waals surface area contributed by atoms with Gasteiger partial charge in [-0.1, -0.05) is 0 Å². The van der Waals surface area contributed by atoms with Gasteiger partial charge in [-0.25, -0.2) is 9.13 Å².